The molecular formula is C19H23N3O4. The maximum atomic E-state index is 12.4. The Morgan fingerprint density at radius 1 is 1.15 bits per heavy atom. The number of nitrogens with zero attached hydrogens (tertiary/aromatic N) is 1. The first-order chi connectivity index (χ1) is 12.4. The average Bonchev–Trinajstić information content (AvgIpc) is 2.60. The smallest absolute Gasteiger partial charge is 0.274 e. The van der Waals surface area contributed by atoms with E-state index in [0.717, 1.165) is 11.3 Å². The van der Waals surface area contributed by atoms with Gasteiger partial charge in [-0.2, -0.15) is 0 Å². The van der Waals surface area contributed by atoms with Crippen molar-refractivity contribution >= 4 is 17.5 Å². The van der Waals surface area contributed by atoms with Crippen LogP contribution < -0.4 is 20.9 Å². The third-order valence-corrected chi connectivity index (χ3v) is 3.75. The molecule has 0 aliphatic carbocycles. The molecule has 7 nitrogen and oxygen atoms in total. The Morgan fingerprint density at radius 2 is 1.88 bits per heavy atom. The van der Waals surface area contributed by atoms with Crippen LogP contribution in [0.25, 0.3) is 0 Å². The molecule has 2 amide bonds. The Balaban J connectivity index is 2.09. The Morgan fingerprint density at radius 3 is 2.58 bits per heavy atom. The first kappa shape index (κ1) is 19.2. The van der Waals surface area contributed by atoms with Crippen molar-refractivity contribution in [3.63, 3.8) is 0 Å². The molecular weight excluding hydrogens is 334 g/mol. The SMILES string of the molecule is CCOc1ccccc1CNC(=O)Cn1c(C)ccc(NC(C)=O)c1=O. The maximum Gasteiger partial charge on any atom is 0.274 e. The molecule has 0 atom stereocenters. The van der Waals surface area contributed by atoms with Crippen LogP contribution in [0.1, 0.15) is 25.1 Å². The van der Waals surface area contributed by atoms with Crippen LogP contribution in [0, 0.1) is 6.92 Å². The molecule has 7 heteroatoms. The van der Waals surface area contributed by atoms with E-state index in [1.54, 1.807) is 13.0 Å². The average molecular weight is 357 g/mol. The summed E-state index contributed by atoms with van der Waals surface area (Å²) < 4.78 is 6.86. The van der Waals surface area contributed by atoms with Gasteiger partial charge in [0.25, 0.3) is 5.56 Å². The Bertz CT molecular complexity index is 858. The summed E-state index contributed by atoms with van der Waals surface area (Å²) in [6, 6.07) is 10.7. The summed E-state index contributed by atoms with van der Waals surface area (Å²) in [7, 11) is 0. The number of hydrogen-bond acceptors (Lipinski definition) is 4. The molecule has 1 aromatic carbocycles. The normalized spacial score (nSPS) is 10.3. The maximum absolute atomic E-state index is 12.4. The molecule has 0 aliphatic heterocycles. The van der Waals surface area contributed by atoms with E-state index in [-0.39, 0.29) is 24.0 Å². The summed E-state index contributed by atoms with van der Waals surface area (Å²) in [5, 5.41) is 5.27. The lowest BCUT2D eigenvalue weighted by molar-refractivity contribution is -0.122. The Hall–Kier alpha value is -3.09. The second kappa shape index (κ2) is 8.84. The van der Waals surface area contributed by atoms with Crippen LogP contribution in [0.5, 0.6) is 5.75 Å². The van der Waals surface area contributed by atoms with E-state index in [9.17, 15) is 14.4 Å². The van der Waals surface area contributed by atoms with Gasteiger partial charge in [0.2, 0.25) is 11.8 Å². The van der Waals surface area contributed by atoms with Gasteiger partial charge in [0.15, 0.2) is 0 Å². The summed E-state index contributed by atoms with van der Waals surface area (Å²) in [6.07, 6.45) is 0. The standard InChI is InChI=1S/C19H23N3O4/c1-4-26-17-8-6-5-7-15(17)11-20-18(24)12-22-13(2)9-10-16(19(22)25)21-14(3)23/h5-10H,4,11-12H2,1-3H3,(H,20,24)(H,21,23). The van der Waals surface area contributed by atoms with Crippen LogP contribution >= 0.6 is 0 Å². The second-order valence-corrected chi connectivity index (χ2v) is 5.78. The number of benzene rings is 1. The van der Waals surface area contributed by atoms with E-state index in [4.69, 9.17) is 4.74 Å². The van der Waals surface area contributed by atoms with Crippen molar-refractivity contribution in [2.75, 3.05) is 11.9 Å². The third-order valence-electron chi connectivity index (χ3n) is 3.75. The largest absolute Gasteiger partial charge is 0.494 e. The number of anilines is 1. The molecule has 26 heavy (non-hydrogen) atoms. The molecule has 0 aliphatic rings. The minimum Gasteiger partial charge on any atom is -0.494 e. The van der Waals surface area contributed by atoms with Crippen molar-refractivity contribution in [3.05, 3.63) is 58.0 Å². The van der Waals surface area contributed by atoms with Gasteiger partial charge < -0.3 is 19.9 Å². The fourth-order valence-corrected chi connectivity index (χ4v) is 2.49. The van der Waals surface area contributed by atoms with Crippen LogP contribution in [0.15, 0.2) is 41.2 Å². The molecule has 0 saturated heterocycles. The van der Waals surface area contributed by atoms with Crippen molar-refractivity contribution in [2.45, 2.75) is 33.9 Å². The summed E-state index contributed by atoms with van der Waals surface area (Å²) in [4.78, 5) is 35.9. The van der Waals surface area contributed by atoms with E-state index in [0.29, 0.717) is 18.8 Å². The fraction of sp³-hybridized carbons (Fsp3) is 0.316. The molecule has 0 spiro atoms. The van der Waals surface area contributed by atoms with Crippen molar-refractivity contribution in [3.8, 4) is 5.75 Å². The van der Waals surface area contributed by atoms with Crippen LogP contribution in [-0.4, -0.2) is 23.0 Å². The molecule has 0 bridgehead atoms. The molecule has 0 saturated carbocycles. The number of hydrogen-bond donors (Lipinski definition) is 2. The van der Waals surface area contributed by atoms with Crippen molar-refractivity contribution in [2.24, 2.45) is 0 Å². The molecule has 2 rings (SSSR count). The fourth-order valence-electron chi connectivity index (χ4n) is 2.49. The number of carbonyl (C=O) groups is 2. The summed E-state index contributed by atoms with van der Waals surface area (Å²) in [5.74, 6) is 0.0762. The van der Waals surface area contributed by atoms with Crippen LogP contribution in [0.3, 0.4) is 0 Å². The van der Waals surface area contributed by atoms with E-state index in [1.807, 2.05) is 31.2 Å². The monoisotopic (exact) mass is 357 g/mol. The minimum atomic E-state index is -0.412. The molecule has 1 heterocycles. The molecule has 0 radical (unpaired) electrons. The van der Waals surface area contributed by atoms with Crippen LogP contribution in [0.2, 0.25) is 0 Å². The number of aromatic nitrogens is 1. The second-order valence-electron chi connectivity index (χ2n) is 5.78. The number of nitrogens with one attached hydrogen (secondary N) is 2. The predicted molar refractivity (Wildman–Crippen MR) is 99.2 cm³/mol. The summed E-state index contributed by atoms with van der Waals surface area (Å²) in [5.41, 5.74) is 1.23. The topological polar surface area (TPSA) is 89.4 Å². The van der Waals surface area contributed by atoms with E-state index >= 15 is 0 Å². The number of aryl methyl sites for hydroxylation is 1. The van der Waals surface area contributed by atoms with E-state index < -0.39 is 5.56 Å². The molecule has 0 fully saturated rings. The first-order valence-corrected chi connectivity index (χ1v) is 8.37. The molecule has 0 unspecified atom stereocenters. The van der Waals surface area contributed by atoms with Crippen LogP contribution in [0.4, 0.5) is 5.69 Å². The highest BCUT2D eigenvalue weighted by Gasteiger charge is 2.12. The van der Waals surface area contributed by atoms with Gasteiger partial charge in [-0.1, -0.05) is 18.2 Å². The minimum absolute atomic E-state index is 0.130. The number of amides is 2. The zero-order valence-electron chi connectivity index (χ0n) is 15.2. The Labute approximate surface area is 152 Å². The van der Waals surface area contributed by atoms with Gasteiger partial charge in [-0.25, -0.2) is 0 Å². The number of pyridine rings is 1. The first-order valence-electron chi connectivity index (χ1n) is 8.37. The zero-order chi connectivity index (χ0) is 19.1. The van der Waals surface area contributed by atoms with Gasteiger partial charge in [-0.05, 0) is 32.0 Å². The number of para-hydroxylation sites is 1. The molecule has 138 valence electrons. The predicted octanol–water partition coefficient (Wildman–Crippen LogP) is 1.83. The molecule has 1 aromatic heterocycles. The third kappa shape index (κ3) is 4.95. The Kier molecular flexibility index (Phi) is 6.54. The van der Waals surface area contributed by atoms with Gasteiger partial charge in [-0.15, -0.1) is 0 Å². The number of rotatable bonds is 7. The van der Waals surface area contributed by atoms with E-state index in [1.165, 1.54) is 17.6 Å². The summed E-state index contributed by atoms with van der Waals surface area (Å²) in [6.45, 7) is 5.66. The van der Waals surface area contributed by atoms with E-state index in [2.05, 4.69) is 10.6 Å². The van der Waals surface area contributed by atoms with Crippen LogP contribution in [-0.2, 0) is 22.7 Å². The van der Waals surface area contributed by atoms with Gasteiger partial charge in [0, 0.05) is 24.7 Å². The van der Waals surface area contributed by atoms with Gasteiger partial charge in [-0.3, -0.25) is 14.4 Å². The summed E-state index contributed by atoms with van der Waals surface area (Å²) >= 11 is 0. The quantitative estimate of drug-likeness (QED) is 0.791. The van der Waals surface area contributed by atoms with Crippen molar-refractivity contribution in [1.82, 2.24) is 9.88 Å². The zero-order valence-corrected chi connectivity index (χ0v) is 15.2. The number of carbonyl (C=O) groups excluding carboxylic acids is 2. The van der Waals surface area contributed by atoms with Gasteiger partial charge in [0.1, 0.15) is 18.0 Å². The number of ether oxygens (including phenoxy) is 1. The lowest BCUT2D eigenvalue weighted by atomic mass is 10.2. The van der Waals surface area contributed by atoms with Gasteiger partial charge >= 0.3 is 0 Å². The highest BCUT2D eigenvalue weighted by atomic mass is 16.5. The van der Waals surface area contributed by atoms with Crippen molar-refractivity contribution in [1.29, 1.82) is 0 Å². The molecule has 2 N–H and O–H groups in total. The molecule has 2 aromatic rings. The van der Waals surface area contributed by atoms with Gasteiger partial charge in [0.05, 0.1) is 6.61 Å². The highest BCUT2D eigenvalue weighted by molar-refractivity contribution is 5.88. The lowest BCUT2D eigenvalue weighted by Gasteiger charge is -2.14. The highest BCUT2D eigenvalue weighted by Crippen LogP contribution is 2.17. The van der Waals surface area contributed by atoms with Crippen molar-refractivity contribution < 1.29 is 14.3 Å². The lowest BCUT2D eigenvalue weighted by Crippen LogP contribution is -2.34.